The predicted octanol–water partition coefficient (Wildman–Crippen LogP) is 12.5. The Morgan fingerprint density at radius 3 is 1.69 bits per heavy atom. The summed E-state index contributed by atoms with van der Waals surface area (Å²) >= 11 is -3.94. The molecule has 0 heterocycles. The SMILES string of the molecule is CC1=Cc2c(-c3cccc4ccccc34)cccc2[CH]1[Hf]([CH3])([CH3])(=[SiH2])[CH]1C(C(C)C)=C(c2cccc3ccccc23)c2ccccc21.Cl.Cl. The van der Waals surface area contributed by atoms with Gasteiger partial charge in [0.1, 0.15) is 0 Å². The average molecular weight is 850 g/mol. The van der Waals surface area contributed by atoms with Crippen molar-refractivity contribution in [1.29, 1.82) is 0 Å². The van der Waals surface area contributed by atoms with E-state index in [1.54, 1.807) is 22.3 Å². The van der Waals surface area contributed by atoms with Crippen LogP contribution in [0.4, 0.5) is 0 Å². The molecule has 6 aromatic carbocycles. The van der Waals surface area contributed by atoms with Crippen LogP contribution in [0.1, 0.15) is 55.9 Å². The van der Waals surface area contributed by atoms with Gasteiger partial charge in [-0.15, -0.1) is 24.8 Å². The van der Waals surface area contributed by atoms with Crippen molar-refractivity contribution in [2.75, 3.05) is 0 Å². The maximum absolute atomic E-state index is 3.94. The Labute approximate surface area is 300 Å². The fourth-order valence-electron chi connectivity index (χ4n) is 9.50. The molecule has 0 amide bonds. The molecule has 2 aliphatic rings. The molecule has 2 aliphatic carbocycles. The largest absolute Gasteiger partial charge is 0.147 e. The molecule has 0 N–H and O–H groups in total. The summed E-state index contributed by atoms with van der Waals surface area (Å²) < 4.78 is 6.53. The molecule has 4 heteroatoms. The van der Waals surface area contributed by atoms with E-state index in [-0.39, 0.29) is 24.8 Å². The van der Waals surface area contributed by atoms with Crippen molar-refractivity contribution >= 4 is 64.9 Å². The van der Waals surface area contributed by atoms with E-state index < -0.39 is 17.1 Å². The van der Waals surface area contributed by atoms with E-state index in [2.05, 4.69) is 171 Å². The minimum absolute atomic E-state index is 0. The van der Waals surface area contributed by atoms with Crippen molar-refractivity contribution in [3.8, 4) is 11.1 Å². The Hall–Kier alpha value is -3.01. The second-order valence-electron chi connectivity index (χ2n) is 15.1. The number of hydrogen-bond acceptors (Lipinski definition) is 0. The quantitative estimate of drug-likeness (QED) is 0.152. The van der Waals surface area contributed by atoms with Crippen LogP contribution in [-0.2, 0) is 17.1 Å². The topological polar surface area (TPSA) is 0 Å². The number of halogens is 2. The van der Waals surface area contributed by atoms with Gasteiger partial charge in [-0.25, -0.2) is 0 Å². The molecule has 242 valence electrons. The van der Waals surface area contributed by atoms with E-state index in [0.29, 0.717) is 13.3 Å². The van der Waals surface area contributed by atoms with Gasteiger partial charge in [-0.2, -0.15) is 0 Å². The van der Waals surface area contributed by atoms with Crippen LogP contribution < -0.4 is 0 Å². The van der Waals surface area contributed by atoms with Gasteiger partial charge in [0.25, 0.3) is 0 Å². The van der Waals surface area contributed by atoms with E-state index in [1.807, 2.05) is 0 Å². The van der Waals surface area contributed by atoms with Crippen LogP contribution in [0, 0.1) is 5.92 Å². The van der Waals surface area contributed by atoms with E-state index >= 15 is 0 Å². The summed E-state index contributed by atoms with van der Waals surface area (Å²) in [6, 6.07) is 48.0. The Morgan fingerprint density at radius 1 is 0.542 bits per heavy atom. The van der Waals surface area contributed by atoms with Crippen LogP contribution in [0.25, 0.3) is 44.3 Å². The molecule has 0 fully saturated rings. The minimum Gasteiger partial charge on any atom is -0.147 e. The van der Waals surface area contributed by atoms with Gasteiger partial charge in [-0.3, -0.25) is 0 Å². The van der Waals surface area contributed by atoms with Crippen LogP contribution >= 0.6 is 24.8 Å². The van der Waals surface area contributed by atoms with Gasteiger partial charge in [0.15, 0.2) is 0 Å². The zero-order valence-electron chi connectivity index (χ0n) is 28.5. The van der Waals surface area contributed by atoms with E-state index in [4.69, 9.17) is 0 Å². The fraction of sp³-hybridized carbons (Fsp3) is 0.182. The van der Waals surface area contributed by atoms with Crippen molar-refractivity contribution < 1.29 is 17.1 Å². The molecular weight excluding hydrogens is 806 g/mol. The summed E-state index contributed by atoms with van der Waals surface area (Å²) in [6.45, 7) is 9.78. The van der Waals surface area contributed by atoms with E-state index in [9.17, 15) is 0 Å². The normalized spacial score (nSPS) is 17.2. The first-order valence-corrected chi connectivity index (χ1v) is 36.5. The van der Waals surface area contributed by atoms with Gasteiger partial charge in [0.2, 0.25) is 0 Å². The van der Waals surface area contributed by atoms with Crippen LogP contribution in [0.3, 0.4) is 0 Å². The predicted molar refractivity (Wildman–Crippen MR) is 215 cm³/mol. The molecule has 2 atom stereocenters. The second kappa shape index (κ2) is 12.7. The van der Waals surface area contributed by atoms with Crippen LogP contribution in [0.5, 0.6) is 0 Å². The molecule has 48 heavy (non-hydrogen) atoms. The summed E-state index contributed by atoms with van der Waals surface area (Å²) in [5, 5.41) is 5.31. The summed E-state index contributed by atoms with van der Waals surface area (Å²) in [7, 11) is 0. The van der Waals surface area contributed by atoms with E-state index in [0.717, 1.165) is 0 Å². The zero-order chi connectivity index (χ0) is 31.8. The molecule has 8 rings (SSSR count). The maximum atomic E-state index is 2.78. The van der Waals surface area contributed by atoms with Crippen LogP contribution in [0.15, 0.2) is 139 Å². The minimum atomic E-state index is -3.94. The van der Waals surface area contributed by atoms with Crippen LogP contribution in [-0.4, -0.2) is 6.94 Å². The smallest absolute Gasteiger partial charge is 0.147 e. The molecule has 0 saturated heterocycles. The van der Waals surface area contributed by atoms with Crippen LogP contribution in [0.2, 0.25) is 9.36 Å². The molecule has 0 spiro atoms. The molecule has 0 nitrogen and oxygen atoms in total. The van der Waals surface area contributed by atoms with Gasteiger partial charge >= 0.3 is 278 Å². The summed E-state index contributed by atoms with van der Waals surface area (Å²) in [4.78, 5) is 0. The number of fused-ring (bicyclic) bond motifs is 4. The summed E-state index contributed by atoms with van der Waals surface area (Å²) in [5.74, 6) is 0.443. The molecule has 0 aromatic heterocycles. The average Bonchev–Trinajstić information content (AvgIpc) is 3.60. The third-order valence-corrected chi connectivity index (χ3v) is 36.4. The van der Waals surface area contributed by atoms with Crippen molar-refractivity contribution in [2.24, 2.45) is 5.92 Å². The number of allylic oxidation sites excluding steroid dienone is 2. The second-order valence-corrected chi connectivity index (χ2v) is 58.6. The third-order valence-electron chi connectivity index (χ3n) is 11.1. The molecular formula is C44H44Cl2HfSi. The van der Waals surface area contributed by atoms with Crippen molar-refractivity contribution in [1.82, 2.24) is 0 Å². The summed E-state index contributed by atoms with van der Waals surface area (Å²) in [6.07, 6.45) is 2.55. The first kappa shape index (κ1) is 34.8. The molecule has 0 bridgehead atoms. The third kappa shape index (κ3) is 5.26. The van der Waals surface area contributed by atoms with Crippen molar-refractivity contribution in [3.63, 3.8) is 0 Å². The standard InChI is InChI=1S/C22H19.C20H15.2CH3.2ClH.Hf.H2Si/c1-15(2)21-14-17-9-4-6-12-19(17)22(21)20-13-7-10-16-8-3-5-11-18(16)20;1-14-12-16-8-5-11-19(20(16)13-14)18-10-4-7-15-6-2-3-9-17(15)18;;;;;;/h3-15H,1-2H3;2-13H,1H3;2*1H3;2*1H;;1H2. The van der Waals surface area contributed by atoms with Gasteiger partial charge in [-0.05, 0) is 0 Å². The molecule has 0 radical (unpaired) electrons. The Balaban J connectivity index is 0.00000201. The molecule has 2 unspecified atom stereocenters. The molecule has 0 saturated carbocycles. The van der Waals surface area contributed by atoms with Crippen molar-refractivity contribution in [3.05, 3.63) is 166 Å². The Morgan fingerprint density at radius 2 is 1.02 bits per heavy atom. The molecule has 0 aliphatic heterocycles. The van der Waals surface area contributed by atoms with Gasteiger partial charge in [0, 0.05) is 0 Å². The Bertz CT molecular complexity index is 2350. The number of hydrogen-bond donors (Lipinski definition) is 0. The monoisotopic (exact) mass is 850 g/mol. The van der Waals surface area contributed by atoms with Crippen molar-refractivity contribution in [2.45, 2.75) is 37.5 Å². The Kier molecular flexibility index (Phi) is 9.22. The van der Waals surface area contributed by atoms with Gasteiger partial charge in [-0.1, -0.05) is 0 Å². The fourth-order valence-corrected chi connectivity index (χ4v) is 38.9. The molecule has 6 aromatic rings. The van der Waals surface area contributed by atoms with Gasteiger partial charge in [0.05, 0.1) is 0 Å². The first-order chi connectivity index (χ1) is 22.1. The first-order valence-electron chi connectivity index (χ1n) is 16.8. The maximum Gasteiger partial charge on any atom is -0.147 e. The number of benzene rings is 6. The number of rotatable bonds is 5. The van der Waals surface area contributed by atoms with Gasteiger partial charge < -0.3 is 0 Å². The zero-order valence-corrected chi connectivity index (χ0v) is 35.1. The van der Waals surface area contributed by atoms with E-state index in [1.165, 1.54) is 54.9 Å². The summed E-state index contributed by atoms with van der Waals surface area (Å²) in [5.41, 5.74) is 14.8.